The lowest BCUT2D eigenvalue weighted by atomic mass is 9.62. The fourth-order valence-electron chi connectivity index (χ4n) is 3.53. The number of phenolic OH excluding ortho intramolecular Hbond substituents is 1. The number of aromatic hydroxyl groups is 1. The molecule has 1 saturated carbocycles. The van der Waals surface area contributed by atoms with Crippen molar-refractivity contribution in [3.63, 3.8) is 0 Å². The summed E-state index contributed by atoms with van der Waals surface area (Å²) in [6.07, 6.45) is 5.55. The fraction of sp³-hybridized carbons (Fsp3) is 0.667. The molecule has 2 heteroatoms. The lowest BCUT2D eigenvalue weighted by molar-refractivity contribution is 0.0369. The zero-order chi connectivity index (χ0) is 14.8. The van der Waals surface area contributed by atoms with Gasteiger partial charge < -0.3 is 10.2 Å². The molecule has 0 heterocycles. The van der Waals surface area contributed by atoms with Gasteiger partial charge in [-0.15, -0.1) is 0 Å². The first-order valence-electron chi connectivity index (χ1n) is 7.73. The number of aliphatic hydroxyl groups excluding tert-OH is 1. The molecule has 1 fully saturated rings. The molecule has 0 saturated heterocycles. The minimum atomic E-state index is 0.0404. The van der Waals surface area contributed by atoms with E-state index in [0.29, 0.717) is 11.2 Å². The summed E-state index contributed by atoms with van der Waals surface area (Å²) in [5, 5.41) is 19.3. The number of hydrogen-bond acceptors (Lipinski definition) is 2. The topological polar surface area (TPSA) is 40.5 Å². The van der Waals surface area contributed by atoms with E-state index < -0.39 is 0 Å². The molecule has 2 N–H and O–H groups in total. The first-order valence-corrected chi connectivity index (χ1v) is 7.73. The highest BCUT2D eigenvalue weighted by Gasteiger charge is 2.38. The van der Waals surface area contributed by atoms with E-state index >= 15 is 0 Å². The van der Waals surface area contributed by atoms with Crippen LogP contribution in [0, 0.1) is 16.7 Å². The van der Waals surface area contributed by atoms with E-state index in [2.05, 4.69) is 20.8 Å². The summed E-state index contributed by atoms with van der Waals surface area (Å²) in [4.78, 5) is 0. The normalized spacial score (nSPS) is 27.5. The third-order valence-corrected chi connectivity index (χ3v) is 5.12. The molecule has 112 valence electrons. The molecule has 20 heavy (non-hydrogen) atoms. The summed E-state index contributed by atoms with van der Waals surface area (Å²) in [7, 11) is 0. The van der Waals surface area contributed by atoms with Crippen LogP contribution in [0.3, 0.4) is 0 Å². The van der Waals surface area contributed by atoms with Crippen molar-refractivity contribution in [2.45, 2.75) is 52.9 Å². The summed E-state index contributed by atoms with van der Waals surface area (Å²) in [5.74, 6) is 1.07. The molecule has 1 aliphatic carbocycles. The van der Waals surface area contributed by atoms with Crippen LogP contribution in [0.15, 0.2) is 24.3 Å². The molecule has 0 unspecified atom stereocenters. The van der Waals surface area contributed by atoms with Gasteiger partial charge in [0.2, 0.25) is 0 Å². The fourth-order valence-corrected chi connectivity index (χ4v) is 3.53. The van der Waals surface area contributed by atoms with Gasteiger partial charge in [-0.2, -0.15) is 0 Å². The molecule has 0 spiro atoms. The number of aliphatic hydroxyl groups is 1. The van der Waals surface area contributed by atoms with E-state index in [1.807, 2.05) is 12.1 Å². The summed E-state index contributed by atoms with van der Waals surface area (Å²) < 4.78 is 0. The quantitative estimate of drug-likeness (QED) is 0.870. The Morgan fingerprint density at radius 2 is 1.65 bits per heavy atom. The highest BCUT2D eigenvalue weighted by molar-refractivity contribution is 5.26. The second kappa shape index (κ2) is 5.77. The molecule has 0 aromatic heterocycles. The number of rotatable bonds is 3. The molecule has 1 aliphatic rings. The van der Waals surface area contributed by atoms with Crippen LogP contribution in [0.5, 0.6) is 5.75 Å². The Kier molecular flexibility index (Phi) is 4.43. The summed E-state index contributed by atoms with van der Waals surface area (Å²) >= 11 is 0. The zero-order valence-electron chi connectivity index (χ0n) is 13.0. The van der Waals surface area contributed by atoms with Gasteiger partial charge in [0, 0.05) is 6.61 Å². The van der Waals surface area contributed by atoms with Gasteiger partial charge in [-0.25, -0.2) is 0 Å². The van der Waals surface area contributed by atoms with Gasteiger partial charge in [-0.3, -0.25) is 0 Å². The van der Waals surface area contributed by atoms with Crippen LogP contribution in [0.1, 0.15) is 52.0 Å². The van der Waals surface area contributed by atoms with Gasteiger partial charge in [0.05, 0.1) is 0 Å². The maximum Gasteiger partial charge on any atom is 0.115 e. The number of hydrogen-bond donors (Lipinski definition) is 2. The Hall–Kier alpha value is -1.02. The highest BCUT2D eigenvalue weighted by Crippen LogP contribution is 2.46. The average Bonchev–Trinajstić information content (AvgIpc) is 2.41. The van der Waals surface area contributed by atoms with Gasteiger partial charge >= 0.3 is 0 Å². The number of benzene rings is 1. The van der Waals surface area contributed by atoms with Gasteiger partial charge in [0.1, 0.15) is 5.75 Å². The zero-order valence-corrected chi connectivity index (χ0v) is 13.0. The van der Waals surface area contributed by atoms with Crippen LogP contribution in [0.2, 0.25) is 0 Å². The lowest BCUT2D eigenvalue weighted by Crippen LogP contribution is -2.36. The minimum absolute atomic E-state index is 0.0404. The smallest absolute Gasteiger partial charge is 0.115 e. The molecule has 2 nitrogen and oxygen atoms in total. The van der Waals surface area contributed by atoms with Crippen LogP contribution >= 0.6 is 0 Å². The molecule has 0 amide bonds. The van der Waals surface area contributed by atoms with E-state index in [1.165, 1.54) is 18.4 Å². The van der Waals surface area contributed by atoms with Crippen LogP contribution in [0.25, 0.3) is 0 Å². The molecular formula is C18H28O2. The summed E-state index contributed by atoms with van der Waals surface area (Å²) in [5.41, 5.74) is 1.63. The van der Waals surface area contributed by atoms with Crippen molar-refractivity contribution in [1.29, 1.82) is 0 Å². The van der Waals surface area contributed by atoms with Crippen molar-refractivity contribution in [2.24, 2.45) is 16.7 Å². The third-order valence-electron chi connectivity index (χ3n) is 5.12. The average molecular weight is 276 g/mol. The Balaban J connectivity index is 2.03. The first-order chi connectivity index (χ1) is 9.35. The second-order valence-electron chi connectivity index (χ2n) is 7.64. The van der Waals surface area contributed by atoms with Crippen molar-refractivity contribution in [2.75, 3.05) is 6.61 Å². The van der Waals surface area contributed by atoms with Crippen LogP contribution < -0.4 is 0 Å². The Morgan fingerprint density at radius 1 is 1.10 bits per heavy atom. The largest absolute Gasteiger partial charge is 0.508 e. The van der Waals surface area contributed by atoms with Crippen LogP contribution in [-0.4, -0.2) is 16.8 Å². The van der Waals surface area contributed by atoms with Crippen molar-refractivity contribution in [3.8, 4) is 5.75 Å². The van der Waals surface area contributed by atoms with E-state index in [-0.39, 0.29) is 12.0 Å². The molecular weight excluding hydrogens is 248 g/mol. The van der Waals surface area contributed by atoms with Crippen LogP contribution in [0.4, 0.5) is 0 Å². The SMILES string of the molecule is CC(C)(C)C1CCC(CO)(Cc2ccc(O)cc2)CC1. The molecule has 0 radical (unpaired) electrons. The van der Waals surface area contributed by atoms with Gasteiger partial charge in [-0.1, -0.05) is 32.9 Å². The van der Waals surface area contributed by atoms with E-state index in [9.17, 15) is 10.2 Å². The first kappa shape index (κ1) is 15.4. The van der Waals surface area contributed by atoms with Gasteiger partial charge in [-0.05, 0) is 66.5 Å². The lowest BCUT2D eigenvalue weighted by Gasteiger charge is -2.43. The maximum absolute atomic E-state index is 9.90. The molecule has 0 bridgehead atoms. The standard InChI is InChI=1S/C18H28O2/c1-17(2,3)15-8-10-18(13-19,11-9-15)12-14-4-6-16(20)7-5-14/h4-7,15,19-20H,8-13H2,1-3H3. The van der Waals surface area contributed by atoms with Crippen molar-refractivity contribution >= 4 is 0 Å². The van der Waals surface area contributed by atoms with Crippen molar-refractivity contribution in [1.82, 2.24) is 0 Å². The predicted molar refractivity (Wildman–Crippen MR) is 82.7 cm³/mol. The third kappa shape index (κ3) is 3.54. The Morgan fingerprint density at radius 3 is 2.10 bits per heavy atom. The monoisotopic (exact) mass is 276 g/mol. The summed E-state index contributed by atoms with van der Waals surface area (Å²) in [6, 6.07) is 7.42. The molecule has 2 rings (SSSR count). The molecule has 0 aliphatic heterocycles. The van der Waals surface area contributed by atoms with E-state index in [0.717, 1.165) is 25.2 Å². The van der Waals surface area contributed by atoms with Gasteiger partial charge in [0.15, 0.2) is 0 Å². The van der Waals surface area contributed by atoms with Crippen molar-refractivity contribution < 1.29 is 10.2 Å². The minimum Gasteiger partial charge on any atom is -0.508 e. The number of phenols is 1. The van der Waals surface area contributed by atoms with Crippen LogP contribution in [-0.2, 0) is 6.42 Å². The molecule has 0 atom stereocenters. The second-order valence-corrected chi connectivity index (χ2v) is 7.64. The van der Waals surface area contributed by atoms with E-state index in [4.69, 9.17) is 0 Å². The highest BCUT2D eigenvalue weighted by atomic mass is 16.3. The molecule has 1 aromatic carbocycles. The maximum atomic E-state index is 9.90. The Bertz CT molecular complexity index is 420. The molecule has 1 aromatic rings. The summed E-state index contributed by atoms with van der Waals surface area (Å²) in [6.45, 7) is 7.24. The van der Waals surface area contributed by atoms with Crippen molar-refractivity contribution in [3.05, 3.63) is 29.8 Å². The Labute approximate surface area is 122 Å². The predicted octanol–water partition coefficient (Wildman–Crippen LogP) is 4.15. The van der Waals surface area contributed by atoms with Gasteiger partial charge in [0.25, 0.3) is 0 Å². The van der Waals surface area contributed by atoms with E-state index in [1.54, 1.807) is 12.1 Å².